The molecule has 0 spiro atoms. The first-order valence-corrected chi connectivity index (χ1v) is 10.9. The van der Waals surface area contributed by atoms with Gasteiger partial charge in [-0.25, -0.2) is 15.0 Å². The number of carbonyl (C=O) groups is 1. The van der Waals surface area contributed by atoms with E-state index >= 15 is 0 Å². The Morgan fingerprint density at radius 2 is 1.97 bits per heavy atom. The summed E-state index contributed by atoms with van der Waals surface area (Å²) in [7, 11) is 0. The predicted molar refractivity (Wildman–Crippen MR) is 117 cm³/mol. The number of nitrogens with zero attached hydrogens (tertiary/aromatic N) is 4. The van der Waals surface area contributed by atoms with Crippen molar-refractivity contribution in [2.24, 2.45) is 0 Å². The molecule has 2 aromatic heterocycles. The molecule has 3 aromatic rings. The van der Waals surface area contributed by atoms with E-state index in [0.717, 1.165) is 40.2 Å². The van der Waals surface area contributed by atoms with Crippen LogP contribution >= 0.6 is 11.3 Å². The molecule has 7 nitrogen and oxygen atoms in total. The standard InChI is InChI=1S/C22H25N5O2S/c1-15-13-23-22(30-15)26-20-12-19(24-16(2)25-20)17-8-10-27(11-9-17)21(28)14-29-18-6-4-3-5-7-18/h3-7,12-13,17H,8-11,14H2,1-2H3,(H,23,24,25,26). The number of hydrogen-bond donors (Lipinski definition) is 1. The molecular weight excluding hydrogens is 398 g/mol. The second kappa shape index (κ2) is 9.21. The lowest BCUT2D eigenvalue weighted by molar-refractivity contribution is -0.134. The quantitative estimate of drug-likeness (QED) is 0.644. The SMILES string of the molecule is Cc1nc(Nc2ncc(C)s2)cc(C2CCN(C(=O)COc3ccccc3)CC2)n1. The first kappa shape index (κ1) is 20.3. The molecule has 0 bridgehead atoms. The van der Waals surface area contributed by atoms with E-state index in [4.69, 9.17) is 4.74 Å². The number of carbonyl (C=O) groups excluding carboxylic acids is 1. The van der Waals surface area contributed by atoms with Gasteiger partial charge in [0, 0.05) is 41.8 Å². The third-order valence-electron chi connectivity index (χ3n) is 5.09. The number of thiazole rings is 1. The molecule has 0 radical (unpaired) electrons. The molecule has 1 aliphatic rings. The third kappa shape index (κ3) is 5.13. The number of anilines is 2. The van der Waals surface area contributed by atoms with E-state index < -0.39 is 0 Å². The Bertz CT molecular complexity index is 1000. The van der Waals surface area contributed by atoms with Crippen LogP contribution in [-0.4, -0.2) is 45.5 Å². The molecule has 1 saturated heterocycles. The highest BCUT2D eigenvalue weighted by atomic mass is 32.1. The molecule has 0 saturated carbocycles. The average Bonchev–Trinajstić information content (AvgIpc) is 3.17. The molecule has 1 amide bonds. The first-order chi connectivity index (χ1) is 14.6. The topological polar surface area (TPSA) is 80.2 Å². The maximum atomic E-state index is 12.5. The molecule has 1 N–H and O–H groups in total. The minimum atomic E-state index is 0.0256. The van der Waals surface area contributed by atoms with Gasteiger partial charge in [-0.2, -0.15) is 0 Å². The predicted octanol–water partition coefficient (Wildman–Crippen LogP) is 4.08. The van der Waals surface area contributed by atoms with Gasteiger partial charge in [-0.3, -0.25) is 4.79 Å². The Morgan fingerprint density at radius 1 is 1.20 bits per heavy atom. The molecule has 1 aromatic carbocycles. The van der Waals surface area contributed by atoms with Gasteiger partial charge < -0.3 is 15.0 Å². The molecule has 0 aliphatic carbocycles. The van der Waals surface area contributed by atoms with E-state index in [-0.39, 0.29) is 12.5 Å². The van der Waals surface area contributed by atoms with Crippen molar-refractivity contribution >= 4 is 28.2 Å². The summed E-state index contributed by atoms with van der Waals surface area (Å²) in [5.74, 6) is 2.55. The molecule has 30 heavy (non-hydrogen) atoms. The van der Waals surface area contributed by atoms with Crippen molar-refractivity contribution in [1.82, 2.24) is 19.9 Å². The number of piperidine rings is 1. The number of likely N-dealkylation sites (tertiary alicyclic amines) is 1. The Kier molecular flexibility index (Phi) is 6.23. The zero-order valence-electron chi connectivity index (χ0n) is 17.2. The van der Waals surface area contributed by atoms with Gasteiger partial charge in [0.25, 0.3) is 5.91 Å². The number of nitrogens with one attached hydrogen (secondary N) is 1. The van der Waals surface area contributed by atoms with Gasteiger partial charge >= 0.3 is 0 Å². The van der Waals surface area contributed by atoms with Crippen LogP contribution in [0.1, 0.15) is 35.2 Å². The van der Waals surface area contributed by atoms with Gasteiger partial charge in [-0.15, -0.1) is 11.3 Å². The molecule has 3 heterocycles. The van der Waals surface area contributed by atoms with Crippen molar-refractivity contribution in [3.63, 3.8) is 0 Å². The van der Waals surface area contributed by atoms with E-state index in [2.05, 4.69) is 20.3 Å². The van der Waals surface area contributed by atoms with Crippen molar-refractivity contribution in [3.8, 4) is 5.75 Å². The van der Waals surface area contributed by atoms with Crippen LogP contribution in [0.2, 0.25) is 0 Å². The number of benzene rings is 1. The maximum Gasteiger partial charge on any atom is 0.260 e. The first-order valence-electron chi connectivity index (χ1n) is 10.1. The van der Waals surface area contributed by atoms with Gasteiger partial charge in [-0.05, 0) is 38.8 Å². The van der Waals surface area contributed by atoms with Gasteiger partial charge in [-0.1, -0.05) is 18.2 Å². The second-order valence-corrected chi connectivity index (χ2v) is 8.62. The average molecular weight is 424 g/mol. The van der Waals surface area contributed by atoms with Gasteiger partial charge in [0.05, 0.1) is 0 Å². The highest BCUT2D eigenvalue weighted by molar-refractivity contribution is 7.15. The molecule has 0 unspecified atom stereocenters. The summed E-state index contributed by atoms with van der Waals surface area (Å²) in [6, 6.07) is 11.4. The van der Waals surface area contributed by atoms with Gasteiger partial charge in [0.2, 0.25) is 0 Å². The number of rotatable bonds is 6. The van der Waals surface area contributed by atoms with Crippen molar-refractivity contribution in [1.29, 1.82) is 0 Å². The minimum absolute atomic E-state index is 0.0256. The molecule has 156 valence electrons. The zero-order valence-corrected chi connectivity index (χ0v) is 18.0. The largest absolute Gasteiger partial charge is 0.484 e. The fraction of sp³-hybridized carbons (Fsp3) is 0.364. The van der Waals surface area contributed by atoms with E-state index in [1.807, 2.05) is 61.3 Å². The van der Waals surface area contributed by atoms with Crippen molar-refractivity contribution in [2.75, 3.05) is 25.0 Å². The van der Waals surface area contributed by atoms with E-state index in [9.17, 15) is 4.79 Å². The lowest BCUT2D eigenvalue weighted by Gasteiger charge is -2.31. The van der Waals surface area contributed by atoms with Crippen LogP contribution in [0, 0.1) is 13.8 Å². The number of aromatic nitrogens is 3. The number of para-hydroxylation sites is 1. The second-order valence-electron chi connectivity index (χ2n) is 7.38. The highest BCUT2D eigenvalue weighted by Crippen LogP contribution is 2.29. The summed E-state index contributed by atoms with van der Waals surface area (Å²) in [5, 5.41) is 4.11. The molecular formula is C22H25N5O2S. The molecule has 8 heteroatoms. The summed E-state index contributed by atoms with van der Waals surface area (Å²) in [6.45, 7) is 5.42. The highest BCUT2D eigenvalue weighted by Gasteiger charge is 2.25. The van der Waals surface area contributed by atoms with E-state index in [1.54, 1.807) is 11.3 Å². The fourth-order valence-corrected chi connectivity index (χ4v) is 4.24. The Labute approximate surface area is 180 Å². The number of amides is 1. The van der Waals surface area contributed by atoms with Crippen molar-refractivity contribution < 1.29 is 9.53 Å². The Balaban J connectivity index is 1.33. The van der Waals surface area contributed by atoms with E-state index in [1.165, 1.54) is 0 Å². The van der Waals surface area contributed by atoms with Crippen LogP contribution in [0.3, 0.4) is 0 Å². The molecule has 1 fully saturated rings. The minimum Gasteiger partial charge on any atom is -0.484 e. The number of ether oxygens (including phenoxy) is 1. The summed E-state index contributed by atoms with van der Waals surface area (Å²) >= 11 is 1.60. The number of aryl methyl sites for hydroxylation is 2. The summed E-state index contributed by atoms with van der Waals surface area (Å²) in [4.78, 5) is 29.0. The number of hydrogen-bond acceptors (Lipinski definition) is 7. The summed E-state index contributed by atoms with van der Waals surface area (Å²) in [5.41, 5.74) is 1.02. The summed E-state index contributed by atoms with van der Waals surface area (Å²) < 4.78 is 5.60. The summed E-state index contributed by atoms with van der Waals surface area (Å²) in [6.07, 6.45) is 3.60. The van der Waals surface area contributed by atoms with Crippen LogP contribution in [0.5, 0.6) is 5.75 Å². The maximum absolute atomic E-state index is 12.5. The van der Waals surface area contributed by atoms with E-state index in [0.29, 0.717) is 24.8 Å². The van der Waals surface area contributed by atoms with Crippen LogP contribution in [0.15, 0.2) is 42.6 Å². The van der Waals surface area contributed by atoms with Crippen LogP contribution in [0.25, 0.3) is 0 Å². The lowest BCUT2D eigenvalue weighted by atomic mass is 9.93. The Hall–Kier alpha value is -3.00. The lowest BCUT2D eigenvalue weighted by Crippen LogP contribution is -2.40. The van der Waals surface area contributed by atoms with Crippen LogP contribution < -0.4 is 10.1 Å². The van der Waals surface area contributed by atoms with Gasteiger partial charge in [0.1, 0.15) is 17.4 Å². The Morgan fingerprint density at radius 3 is 2.67 bits per heavy atom. The molecule has 0 atom stereocenters. The van der Waals surface area contributed by atoms with Crippen molar-refractivity contribution in [3.05, 3.63) is 59.0 Å². The smallest absolute Gasteiger partial charge is 0.260 e. The van der Waals surface area contributed by atoms with Crippen LogP contribution in [-0.2, 0) is 4.79 Å². The fourth-order valence-electron chi connectivity index (χ4n) is 3.56. The third-order valence-corrected chi connectivity index (χ3v) is 5.91. The normalized spacial score (nSPS) is 14.5. The monoisotopic (exact) mass is 423 g/mol. The van der Waals surface area contributed by atoms with Crippen molar-refractivity contribution in [2.45, 2.75) is 32.6 Å². The van der Waals surface area contributed by atoms with Gasteiger partial charge in [0.15, 0.2) is 11.7 Å². The zero-order chi connectivity index (χ0) is 20.9. The molecule has 4 rings (SSSR count). The van der Waals surface area contributed by atoms with Crippen LogP contribution in [0.4, 0.5) is 10.9 Å². The molecule has 1 aliphatic heterocycles.